The molecule has 6 heteroatoms. The fourth-order valence-electron chi connectivity index (χ4n) is 3.17. The summed E-state index contributed by atoms with van der Waals surface area (Å²) in [6.45, 7) is 2.63. The van der Waals surface area contributed by atoms with Crippen molar-refractivity contribution in [2.75, 3.05) is 19.6 Å². The maximum absolute atomic E-state index is 12.4. The molecule has 19 heavy (non-hydrogen) atoms. The fourth-order valence-corrected chi connectivity index (χ4v) is 3.17. The molecule has 3 rings (SSSR count). The topological polar surface area (TPSA) is 63.1 Å². The van der Waals surface area contributed by atoms with Gasteiger partial charge < -0.3 is 14.8 Å². The summed E-state index contributed by atoms with van der Waals surface area (Å²) in [4.78, 5) is 14.4. The lowest BCUT2D eigenvalue weighted by atomic mass is 9.96. The van der Waals surface area contributed by atoms with Crippen LogP contribution >= 0.6 is 0 Å². The summed E-state index contributed by atoms with van der Waals surface area (Å²) in [6, 6.07) is 0.0400. The predicted octanol–water partition coefficient (Wildman–Crippen LogP) is 0.273. The summed E-state index contributed by atoms with van der Waals surface area (Å²) in [6.07, 6.45) is 5.96. The molecule has 2 saturated heterocycles. The highest BCUT2D eigenvalue weighted by molar-refractivity contribution is 5.82. The van der Waals surface area contributed by atoms with E-state index < -0.39 is 0 Å². The molecule has 0 radical (unpaired) electrons. The van der Waals surface area contributed by atoms with Crippen molar-refractivity contribution < 1.29 is 4.79 Å². The molecule has 0 spiro atoms. The molecular formula is C13H21N5O. The molecule has 1 aromatic heterocycles. The van der Waals surface area contributed by atoms with Crippen LogP contribution in [0.25, 0.3) is 0 Å². The van der Waals surface area contributed by atoms with Crippen LogP contribution in [-0.4, -0.2) is 51.2 Å². The van der Waals surface area contributed by atoms with Crippen molar-refractivity contribution in [2.24, 2.45) is 7.05 Å². The standard InChI is InChI=1S/C13H21N5O/c1-17-9-15-16-12(17)10-4-3-7-18(8-10)13(19)11-5-2-6-14-11/h9-11,14H,2-8H2,1H3. The summed E-state index contributed by atoms with van der Waals surface area (Å²) in [5.74, 6) is 1.59. The number of carbonyl (C=O) groups excluding carboxylic acids is 1. The Morgan fingerprint density at radius 3 is 3.00 bits per heavy atom. The average molecular weight is 263 g/mol. The molecule has 2 aliphatic rings. The maximum atomic E-state index is 12.4. The lowest BCUT2D eigenvalue weighted by molar-refractivity contribution is -0.134. The van der Waals surface area contributed by atoms with Crippen LogP contribution < -0.4 is 5.32 Å². The Balaban J connectivity index is 1.68. The second-order valence-electron chi connectivity index (χ2n) is 5.57. The first-order valence-corrected chi connectivity index (χ1v) is 7.12. The third kappa shape index (κ3) is 2.49. The minimum Gasteiger partial charge on any atom is -0.341 e. The Kier molecular flexibility index (Phi) is 3.50. The lowest BCUT2D eigenvalue weighted by Crippen LogP contribution is -2.47. The van der Waals surface area contributed by atoms with Crippen molar-refractivity contribution in [3.63, 3.8) is 0 Å². The molecule has 1 aromatic rings. The lowest BCUT2D eigenvalue weighted by Gasteiger charge is -2.33. The first-order chi connectivity index (χ1) is 9.25. The number of hydrogen-bond donors (Lipinski definition) is 1. The zero-order chi connectivity index (χ0) is 13.2. The van der Waals surface area contributed by atoms with Gasteiger partial charge >= 0.3 is 0 Å². The number of nitrogens with one attached hydrogen (secondary N) is 1. The number of carbonyl (C=O) groups is 1. The van der Waals surface area contributed by atoms with E-state index in [-0.39, 0.29) is 11.9 Å². The number of piperidine rings is 1. The number of likely N-dealkylation sites (tertiary alicyclic amines) is 1. The maximum Gasteiger partial charge on any atom is 0.239 e. The zero-order valence-electron chi connectivity index (χ0n) is 11.4. The predicted molar refractivity (Wildman–Crippen MR) is 70.6 cm³/mol. The van der Waals surface area contributed by atoms with Crippen molar-refractivity contribution >= 4 is 5.91 Å². The number of aryl methyl sites for hydroxylation is 1. The largest absolute Gasteiger partial charge is 0.341 e. The van der Waals surface area contributed by atoms with Gasteiger partial charge in [0, 0.05) is 26.1 Å². The molecule has 3 heterocycles. The van der Waals surface area contributed by atoms with E-state index in [1.54, 1.807) is 6.33 Å². The number of amides is 1. The molecule has 2 atom stereocenters. The molecule has 2 unspecified atom stereocenters. The third-order valence-corrected chi connectivity index (χ3v) is 4.20. The van der Waals surface area contributed by atoms with Crippen LogP contribution in [0.1, 0.15) is 37.4 Å². The smallest absolute Gasteiger partial charge is 0.239 e. The molecule has 104 valence electrons. The molecule has 1 N–H and O–H groups in total. The number of hydrogen-bond acceptors (Lipinski definition) is 4. The van der Waals surface area contributed by atoms with E-state index in [4.69, 9.17) is 0 Å². The third-order valence-electron chi connectivity index (χ3n) is 4.20. The minimum absolute atomic E-state index is 0.0400. The van der Waals surface area contributed by atoms with Crippen LogP contribution in [-0.2, 0) is 11.8 Å². The molecule has 2 fully saturated rings. The van der Waals surface area contributed by atoms with E-state index in [0.29, 0.717) is 5.92 Å². The molecular weight excluding hydrogens is 242 g/mol. The molecule has 6 nitrogen and oxygen atoms in total. The Hall–Kier alpha value is -1.43. The quantitative estimate of drug-likeness (QED) is 0.832. The Bertz CT molecular complexity index is 452. The van der Waals surface area contributed by atoms with Gasteiger partial charge in [0.1, 0.15) is 12.2 Å². The normalized spacial score (nSPS) is 27.7. The van der Waals surface area contributed by atoms with Crippen LogP contribution in [0.4, 0.5) is 0 Å². The van der Waals surface area contributed by atoms with E-state index in [1.165, 1.54) is 0 Å². The zero-order valence-corrected chi connectivity index (χ0v) is 11.4. The van der Waals surface area contributed by atoms with Gasteiger partial charge in [0.25, 0.3) is 0 Å². The Morgan fingerprint density at radius 2 is 2.32 bits per heavy atom. The van der Waals surface area contributed by atoms with Crippen molar-refractivity contribution in [3.8, 4) is 0 Å². The fraction of sp³-hybridized carbons (Fsp3) is 0.769. The molecule has 0 bridgehead atoms. The highest BCUT2D eigenvalue weighted by Crippen LogP contribution is 2.26. The summed E-state index contributed by atoms with van der Waals surface area (Å²) < 4.78 is 1.96. The number of rotatable bonds is 2. The van der Waals surface area contributed by atoms with E-state index in [9.17, 15) is 4.79 Å². The molecule has 0 aromatic carbocycles. The number of nitrogens with zero attached hydrogens (tertiary/aromatic N) is 4. The minimum atomic E-state index is 0.0400. The Morgan fingerprint density at radius 1 is 1.42 bits per heavy atom. The van der Waals surface area contributed by atoms with Crippen molar-refractivity contribution in [3.05, 3.63) is 12.2 Å². The highest BCUT2D eigenvalue weighted by atomic mass is 16.2. The highest BCUT2D eigenvalue weighted by Gasteiger charge is 2.32. The van der Waals surface area contributed by atoms with Gasteiger partial charge in [0.15, 0.2) is 0 Å². The molecule has 0 aliphatic carbocycles. The van der Waals surface area contributed by atoms with Gasteiger partial charge in [-0.15, -0.1) is 10.2 Å². The van der Waals surface area contributed by atoms with Crippen molar-refractivity contribution in [1.29, 1.82) is 0 Å². The second kappa shape index (κ2) is 5.28. The summed E-state index contributed by atoms with van der Waals surface area (Å²) >= 11 is 0. The molecule has 1 amide bonds. The van der Waals surface area contributed by atoms with Gasteiger partial charge in [0.05, 0.1) is 6.04 Å². The van der Waals surface area contributed by atoms with Crippen molar-refractivity contribution in [1.82, 2.24) is 25.0 Å². The van der Waals surface area contributed by atoms with E-state index in [1.807, 2.05) is 16.5 Å². The summed E-state index contributed by atoms with van der Waals surface area (Å²) in [5, 5.41) is 11.4. The van der Waals surface area contributed by atoms with Crippen LogP contribution in [0.15, 0.2) is 6.33 Å². The first-order valence-electron chi connectivity index (χ1n) is 7.12. The summed E-state index contributed by atoms with van der Waals surface area (Å²) in [5.41, 5.74) is 0. The Labute approximate surface area is 113 Å². The van der Waals surface area contributed by atoms with E-state index >= 15 is 0 Å². The SMILES string of the molecule is Cn1cnnc1C1CCCN(C(=O)C2CCCN2)C1. The average Bonchev–Trinajstić information content (AvgIpc) is 3.09. The molecule has 2 aliphatic heterocycles. The van der Waals surface area contributed by atoms with Gasteiger partial charge in [0.2, 0.25) is 5.91 Å². The number of aromatic nitrogens is 3. The van der Waals surface area contributed by atoms with Crippen LogP contribution in [0, 0.1) is 0 Å². The monoisotopic (exact) mass is 263 g/mol. The van der Waals surface area contributed by atoms with Gasteiger partial charge in [-0.3, -0.25) is 4.79 Å². The van der Waals surface area contributed by atoms with Gasteiger partial charge in [-0.05, 0) is 32.2 Å². The van der Waals surface area contributed by atoms with E-state index in [2.05, 4.69) is 15.5 Å². The van der Waals surface area contributed by atoms with E-state index in [0.717, 1.165) is 51.1 Å². The molecule has 0 saturated carbocycles. The van der Waals surface area contributed by atoms with Crippen molar-refractivity contribution in [2.45, 2.75) is 37.6 Å². The van der Waals surface area contributed by atoms with Crippen LogP contribution in [0.2, 0.25) is 0 Å². The van der Waals surface area contributed by atoms with Gasteiger partial charge in [-0.2, -0.15) is 0 Å². The van der Waals surface area contributed by atoms with Gasteiger partial charge in [-0.1, -0.05) is 0 Å². The van der Waals surface area contributed by atoms with Gasteiger partial charge in [-0.25, -0.2) is 0 Å². The second-order valence-corrected chi connectivity index (χ2v) is 5.57. The van der Waals surface area contributed by atoms with Crippen LogP contribution in [0.3, 0.4) is 0 Å². The first kappa shape index (κ1) is 12.6. The summed E-state index contributed by atoms with van der Waals surface area (Å²) in [7, 11) is 1.97. The van der Waals surface area contributed by atoms with Crippen LogP contribution in [0.5, 0.6) is 0 Å².